The van der Waals surface area contributed by atoms with Gasteiger partial charge in [0.25, 0.3) is 5.56 Å². The Morgan fingerprint density at radius 2 is 1.80 bits per heavy atom. The van der Waals surface area contributed by atoms with Gasteiger partial charge in [-0.15, -0.1) is 0 Å². The van der Waals surface area contributed by atoms with Gasteiger partial charge in [-0.25, -0.2) is 4.68 Å². The maximum absolute atomic E-state index is 12.5. The molecule has 1 aromatic heterocycles. The lowest BCUT2D eigenvalue weighted by Gasteiger charge is -2.10. The van der Waals surface area contributed by atoms with Gasteiger partial charge < -0.3 is 14.8 Å². The van der Waals surface area contributed by atoms with Gasteiger partial charge in [0.15, 0.2) is 11.5 Å². The summed E-state index contributed by atoms with van der Waals surface area (Å²) in [5.41, 5.74) is 1.74. The highest BCUT2D eigenvalue weighted by Crippen LogP contribution is 2.34. The topological polar surface area (TPSA) is 82.5 Å². The lowest BCUT2D eigenvalue weighted by atomic mass is 10.0. The van der Waals surface area contributed by atoms with Crippen LogP contribution >= 0.6 is 0 Å². The quantitative estimate of drug-likeness (QED) is 0.569. The number of ether oxygens (including phenoxy) is 2. The first kappa shape index (κ1) is 17.9. The number of amides is 1. The molecule has 1 aliphatic heterocycles. The van der Waals surface area contributed by atoms with Crippen LogP contribution in [-0.4, -0.2) is 22.5 Å². The van der Waals surface area contributed by atoms with Crippen molar-refractivity contribution in [3.8, 4) is 22.8 Å². The molecular weight excluding hydrogens is 382 g/mol. The van der Waals surface area contributed by atoms with Crippen LogP contribution in [0, 0.1) is 0 Å². The molecule has 1 aliphatic rings. The molecule has 0 atom stereocenters. The van der Waals surface area contributed by atoms with Crippen molar-refractivity contribution in [2.75, 3.05) is 12.1 Å². The van der Waals surface area contributed by atoms with Crippen LogP contribution < -0.4 is 20.3 Å². The summed E-state index contributed by atoms with van der Waals surface area (Å²) in [5.74, 6) is 0.841. The SMILES string of the molecule is O=C(Cn1nc(-c2cccc3ccccc23)ccc1=O)Nc1ccc2c(c1)OCO2. The maximum Gasteiger partial charge on any atom is 0.267 e. The largest absolute Gasteiger partial charge is 0.454 e. The number of carbonyl (C=O) groups excluding carboxylic acids is 1. The fraction of sp³-hybridized carbons (Fsp3) is 0.0870. The van der Waals surface area contributed by atoms with E-state index in [2.05, 4.69) is 10.4 Å². The van der Waals surface area contributed by atoms with E-state index in [1.165, 1.54) is 10.7 Å². The predicted molar refractivity (Wildman–Crippen MR) is 113 cm³/mol. The van der Waals surface area contributed by atoms with Crippen molar-refractivity contribution >= 4 is 22.4 Å². The molecule has 0 saturated heterocycles. The molecule has 0 radical (unpaired) electrons. The second-order valence-corrected chi connectivity index (χ2v) is 6.86. The number of fused-ring (bicyclic) bond motifs is 2. The van der Waals surface area contributed by atoms with Crippen molar-refractivity contribution in [3.05, 3.63) is 83.2 Å². The van der Waals surface area contributed by atoms with Crippen molar-refractivity contribution in [3.63, 3.8) is 0 Å². The van der Waals surface area contributed by atoms with Gasteiger partial charge >= 0.3 is 0 Å². The molecule has 4 aromatic rings. The van der Waals surface area contributed by atoms with Crippen LogP contribution in [0.15, 0.2) is 77.6 Å². The van der Waals surface area contributed by atoms with E-state index in [4.69, 9.17) is 9.47 Å². The van der Waals surface area contributed by atoms with Gasteiger partial charge in [0.05, 0.1) is 5.69 Å². The molecule has 1 N–H and O–H groups in total. The Balaban J connectivity index is 1.41. The molecule has 1 amide bonds. The zero-order chi connectivity index (χ0) is 20.5. The van der Waals surface area contributed by atoms with Crippen LogP contribution in [0.5, 0.6) is 11.5 Å². The smallest absolute Gasteiger partial charge is 0.267 e. The van der Waals surface area contributed by atoms with E-state index in [9.17, 15) is 9.59 Å². The number of nitrogens with zero attached hydrogens (tertiary/aromatic N) is 2. The highest BCUT2D eigenvalue weighted by molar-refractivity contribution is 5.95. The number of carbonyl (C=O) groups is 1. The zero-order valence-electron chi connectivity index (χ0n) is 15.9. The third-order valence-electron chi connectivity index (χ3n) is 4.88. The van der Waals surface area contributed by atoms with Crippen LogP contribution in [-0.2, 0) is 11.3 Å². The molecular formula is C23H17N3O4. The van der Waals surface area contributed by atoms with E-state index in [0.717, 1.165) is 16.3 Å². The normalized spacial score (nSPS) is 12.1. The number of hydrogen-bond acceptors (Lipinski definition) is 5. The first-order valence-corrected chi connectivity index (χ1v) is 9.43. The first-order chi connectivity index (χ1) is 14.7. The predicted octanol–water partition coefficient (Wildman–Crippen LogP) is 3.43. The van der Waals surface area contributed by atoms with Crippen molar-refractivity contribution in [1.82, 2.24) is 9.78 Å². The third-order valence-corrected chi connectivity index (χ3v) is 4.88. The first-order valence-electron chi connectivity index (χ1n) is 9.43. The Bertz CT molecular complexity index is 1320. The number of aromatic nitrogens is 2. The van der Waals surface area contributed by atoms with E-state index < -0.39 is 0 Å². The number of anilines is 1. The molecule has 7 nitrogen and oxygen atoms in total. The Labute approximate surface area is 171 Å². The molecule has 0 aliphatic carbocycles. The van der Waals surface area contributed by atoms with Gasteiger partial charge in [0, 0.05) is 23.4 Å². The Kier molecular flexibility index (Phi) is 4.40. The summed E-state index contributed by atoms with van der Waals surface area (Å²) < 4.78 is 11.7. The van der Waals surface area contributed by atoms with E-state index in [1.54, 1.807) is 24.3 Å². The third kappa shape index (κ3) is 3.37. The summed E-state index contributed by atoms with van der Waals surface area (Å²) >= 11 is 0. The molecule has 0 spiro atoms. The molecule has 5 rings (SSSR count). The molecule has 0 unspecified atom stereocenters. The van der Waals surface area contributed by atoms with E-state index in [0.29, 0.717) is 22.9 Å². The van der Waals surface area contributed by atoms with Gasteiger partial charge in [-0.2, -0.15) is 5.10 Å². The summed E-state index contributed by atoms with van der Waals surface area (Å²) in [6.45, 7) is -0.0428. The molecule has 30 heavy (non-hydrogen) atoms. The lowest BCUT2D eigenvalue weighted by molar-refractivity contribution is -0.117. The van der Waals surface area contributed by atoms with Crippen molar-refractivity contribution in [2.24, 2.45) is 0 Å². The molecule has 148 valence electrons. The summed E-state index contributed by atoms with van der Waals surface area (Å²) in [6.07, 6.45) is 0. The van der Waals surface area contributed by atoms with Gasteiger partial charge in [0.2, 0.25) is 12.7 Å². The van der Waals surface area contributed by atoms with Gasteiger partial charge in [-0.3, -0.25) is 9.59 Å². The minimum absolute atomic E-state index is 0.160. The minimum atomic E-state index is -0.362. The summed E-state index contributed by atoms with van der Waals surface area (Å²) in [6, 6.07) is 22.1. The summed E-state index contributed by atoms with van der Waals surface area (Å²) in [5, 5.41) is 9.30. The molecule has 0 bridgehead atoms. The second kappa shape index (κ2) is 7.36. The Morgan fingerprint density at radius 3 is 2.73 bits per heavy atom. The Hall–Kier alpha value is -4.13. The average Bonchev–Trinajstić information content (AvgIpc) is 3.23. The Morgan fingerprint density at radius 1 is 0.967 bits per heavy atom. The van der Waals surface area contributed by atoms with Crippen LogP contribution in [0.25, 0.3) is 22.0 Å². The molecule has 2 heterocycles. The standard InChI is InChI=1S/C23H17N3O4/c27-22(24-16-8-10-20-21(12-16)30-14-29-20)13-26-23(28)11-9-19(25-26)18-7-3-5-15-4-1-2-6-17(15)18/h1-12H,13-14H2,(H,24,27). The molecule has 3 aromatic carbocycles. The van der Waals surface area contributed by atoms with Gasteiger partial charge in [-0.1, -0.05) is 42.5 Å². The zero-order valence-corrected chi connectivity index (χ0v) is 15.9. The average molecular weight is 399 g/mol. The second-order valence-electron chi connectivity index (χ2n) is 6.86. The molecule has 0 saturated carbocycles. The van der Waals surface area contributed by atoms with E-state index >= 15 is 0 Å². The lowest BCUT2D eigenvalue weighted by Crippen LogP contribution is -2.29. The van der Waals surface area contributed by atoms with Crippen molar-refractivity contribution in [1.29, 1.82) is 0 Å². The number of nitrogens with one attached hydrogen (secondary N) is 1. The number of benzene rings is 3. The van der Waals surface area contributed by atoms with Crippen molar-refractivity contribution in [2.45, 2.75) is 6.54 Å². The monoisotopic (exact) mass is 399 g/mol. The summed E-state index contributed by atoms with van der Waals surface area (Å²) in [4.78, 5) is 24.8. The highest BCUT2D eigenvalue weighted by atomic mass is 16.7. The highest BCUT2D eigenvalue weighted by Gasteiger charge is 2.15. The van der Waals surface area contributed by atoms with Gasteiger partial charge in [0.1, 0.15) is 6.54 Å². The van der Waals surface area contributed by atoms with E-state index in [-0.39, 0.29) is 24.8 Å². The van der Waals surface area contributed by atoms with Crippen LogP contribution in [0.4, 0.5) is 5.69 Å². The fourth-order valence-corrected chi connectivity index (χ4v) is 3.47. The van der Waals surface area contributed by atoms with Crippen LogP contribution in [0.3, 0.4) is 0 Å². The van der Waals surface area contributed by atoms with E-state index in [1.807, 2.05) is 42.5 Å². The van der Waals surface area contributed by atoms with Gasteiger partial charge in [-0.05, 0) is 29.0 Å². The maximum atomic E-state index is 12.5. The number of hydrogen-bond donors (Lipinski definition) is 1. The van der Waals surface area contributed by atoms with Crippen LogP contribution in [0.2, 0.25) is 0 Å². The van der Waals surface area contributed by atoms with Crippen LogP contribution in [0.1, 0.15) is 0 Å². The molecule has 0 fully saturated rings. The molecule has 7 heteroatoms. The minimum Gasteiger partial charge on any atom is -0.454 e. The fourth-order valence-electron chi connectivity index (χ4n) is 3.47. The van der Waals surface area contributed by atoms with Crippen molar-refractivity contribution < 1.29 is 14.3 Å². The number of rotatable bonds is 4. The summed E-state index contributed by atoms with van der Waals surface area (Å²) in [7, 11) is 0.